The summed E-state index contributed by atoms with van der Waals surface area (Å²) in [5.74, 6) is 0. The third-order valence-electron chi connectivity index (χ3n) is 3.54. The van der Waals surface area contributed by atoms with Crippen LogP contribution in [0.5, 0.6) is 0 Å². The molecule has 19 heavy (non-hydrogen) atoms. The van der Waals surface area contributed by atoms with Crippen LogP contribution >= 0.6 is 24.0 Å². The van der Waals surface area contributed by atoms with Crippen molar-refractivity contribution < 1.29 is 0 Å². The first kappa shape index (κ1) is 14.9. The second-order valence-corrected chi connectivity index (χ2v) is 7.90. The molecular formula is C16H23NS2. The molecule has 1 aromatic carbocycles. The molecule has 104 valence electrons. The van der Waals surface area contributed by atoms with Crippen molar-refractivity contribution in [1.82, 2.24) is 4.90 Å². The van der Waals surface area contributed by atoms with Crippen LogP contribution in [-0.2, 0) is 5.41 Å². The number of nitrogens with zero attached hydrogens (tertiary/aromatic N) is 1. The molecule has 0 atom stereocenters. The van der Waals surface area contributed by atoms with E-state index in [0.717, 1.165) is 17.4 Å². The Balaban J connectivity index is 1.97. The molecule has 3 heteroatoms. The molecule has 1 aliphatic rings. The van der Waals surface area contributed by atoms with Crippen molar-refractivity contribution in [3.63, 3.8) is 0 Å². The fourth-order valence-corrected chi connectivity index (χ4v) is 3.52. The molecule has 1 aliphatic heterocycles. The lowest BCUT2D eigenvalue weighted by atomic mass is 9.87. The Hall–Kier alpha value is -0.540. The minimum Gasteiger partial charge on any atom is -0.357 e. The lowest BCUT2D eigenvalue weighted by Crippen LogP contribution is -2.32. The fourth-order valence-electron chi connectivity index (χ4n) is 2.26. The quantitative estimate of drug-likeness (QED) is 0.538. The third kappa shape index (κ3) is 4.22. The summed E-state index contributed by atoms with van der Waals surface area (Å²) in [7, 11) is 0. The van der Waals surface area contributed by atoms with E-state index in [9.17, 15) is 0 Å². The fraction of sp³-hybridized carbons (Fsp3) is 0.562. The molecule has 1 fully saturated rings. The van der Waals surface area contributed by atoms with Gasteiger partial charge in [-0.25, -0.2) is 0 Å². The van der Waals surface area contributed by atoms with Gasteiger partial charge in [-0.15, -0.1) is 0 Å². The molecular weight excluding hydrogens is 270 g/mol. The normalized spacial score (nSPS) is 16.5. The van der Waals surface area contributed by atoms with Gasteiger partial charge in [-0.1, -0.05) is 56.9 Å². The summed E-state index contributed by atoms with van der Waals surface area (Å²) in [6, 6.07) is 8.84. The van der Waals surface area contributed by atoms with Crippen LogP contribution in [0.2, 0.25) is 0 Å². The van der Waals surface area contributed by atoms with Crippen LogP contribution in [0.15, 0.2) is 29.2 Å². The van der Waals surface area contributed by atoms with E-state index < -0.39 is 0 Å². The Morgan fingerprint density at radius 3 is 2.16 bits per heavy atom. The minimum absolute atomic E-state index is 0.219. The molecule has 1 heterocycles. The Morgan fingerprint density at radius 2 is 1.63 bits per heavy atom. The zero-order chi connectivity index (χ0) is 13.9. The summed E-state index contributed by atoms with van der Waals surface area (Å²) in [4.78, 5) is 3.60. The van der Waals surface area contributed by atoms with Crippen molar-refractivity contribution in [3.05, 3.63) is 29.8 Å². The minimum atomic E-state index is 0.219. The Bertz CT molecular complexity index is 425. The molecule has 0 aromatic heterocycles. The number of benzene rings is 1. The van der Waals surface area contributed by atoms with Gasteiger partial charge >= 0.3 is 0 Å². The highest BCUT2D eigenvalue weighted by Crippen LogP contribution is 2.27. The van der Waals surface area contributed by atoms with Crippen LogP contribution in [-0.4, -0.2) is 22.3 Å². The van der Waals surface area contributed by atoms with E-state index in [0.29, 0.717) is 0 Å². The van der Waals surface area contributed by atoms with Crippen LogP contribution < -0.4 is 0 Å². The van der Waals surface area contributed by atoms with E-state index in [1.807, 2.05) is 0 Å². The first-order valence-corrected chi connectivity index (χ1v) is 8.26. The number of hydrogen-bond acceptors (Lipinski definition) is 2. The first-order valence-electron chi connectivity index (χ1n) is 7.04. The number of likely N-dealkylation sites (tertiary alicyclic amines) is 1. The van der Waals surface area contributed by atoms with Gasteiger partial charge in [0.05, 0.1) is 0 Å². The van der Waals surface area contributed by atoms with Gasteiger partial charge in [0.15, 0.2) is 0 Å². The van der Waals surface area contributed by atoms with E-state index in [4.69, 9.17) is 12.2 Å². The molecule has 0 amide bonds. The molecule has 1 nitrogen and oxygen atoms in total. The second kappa shape index (κ2) is 6.27. The van der Waals surface area contributed by atoms with Crippen LogP contribution in [0.3, 0.4) is 0 Å². The van der Waals surface area contributed by atoms with Crippen molar-refractivity contribution in [2.75, 3.05) is 13.1 Å². The van der Waals surface area contributed by atoms with Gasteiger partial charge < -0.3 is 4.90 Å². The Morgan fingerprint density at radius 1 is 1.05 bits per heavy atom. The Labute approximate surface area is 126 Å². The molecule has 0 N–H and O–H groups in total. The molecule has 0 saturated carbocycles. The third-order valence-corrected chi connectivity index (χ3v) is 4.99. The molecule has 0 bridgehead atoms. The first-order chi connectivity index (χ1) is 8.97. The predicted octanol–water partition coefficient (Wildman–Crippen LogP) is 4.85. The molecule has 0 radical (unpaired) electrons. The van der Waals surface area contributed by atoms with Gasteiger partial charge in [-0.2, -0.15) is 0 Å². The molecule has 0 aliphatic carbocycles. The number of rotatable bonds is 1. The van der Waals surface area contributed by atoms with Gasteiger partial charge in [0.2, 0.25) is 0 Å². The topological polar surface area (TPSA) is 3.24 Å². The second-order valence-electron chi connectivity index (χ2n) is 6.19. The highest BCUT2D eigenvalue weighted by atomic mass is 32.2. The van der Waals surface area contributed by atoms with Gasteiger partial charge in [0.25, 0.3) is 0 Å². The standard InChI is InChI=1S/C16H23NS2/c1-16(2,3)13-7-9-14(10-8-13)19-15(18)17-11-5-4-6-12-17/h7-10H,4-6,11-12H2,1-3H3. The summed E-state index contributed by atoms with van der Waals surface area (Å²) in [5.41, 5.74) is 1.59. The van der Waals surface area contributed by atoms with E-state index in [1.54, 1.807) is 11.8 Å². The molecule has 1 aromatic rings. The summed E-state index contributed by atoms with van der Waals surface area (Å²) in [5, 5.41) is 0. The maximum atomic E-state index is 5.55. The molecule has 0 unspecified atom stereocenters. The SMILES string of the molecule is CC(C)(C)c1ccc(SC(=S)N2CCCCC2)cc1. The van der Waals surface area contributed by atoms with Crippen LogP contribution in [0, 0.1) is 0 Å². The summed E-state index contributed by atoms with van der Waals surface area (Å²) < 4.78 is 1.03. The van der Waals surface area contributed by atoms with Crippen molar-refractivity contribution in [1.29, 1.82) is 0 Å². The van der Waals surface area contributed by atoms with Crippen molar-refractivity contribution in [2.45, 2.75) is 50.3 Å². The summed E-state index contributed by atoms with van der Waals surface area (Å²) in [6.07, 6.45) is 3.91. The van der Waals surface area contributed by atoms with E-state index in [2.05, 4.69) is 49.9 Å². The number of hydrogen-bond donors (Lipinski definition) is 0. The predicted molar refractivity (Wildman–Crippen MR) is 89.0 cm³/mol. The number of thiocarbonyl (C=S) groups is 1. The average Bonchev–Trinajstić information content (AvgIpc) is 2.39. The lowest BCUT2D eigenvalue weighted by Gasteiger charge is -2.28. The molecule has 1 saturated heterocycles. The zero-order valence-corrected chi connectivity index (χ0v) is 13.7. The summed E-state index contributed by atoms with van der Waals surface area (Å²) in [6.45, 7) is 8.99. The molecule has 2 rings (SSSR count). The zero-order valence-electron chi connectivity index (χ0n) is 12.1. The van der Waals surface area contributed by atoms with Gasteiger partial charge in [-0.05, 0) is 42.4 Å². The number of piperidine rings is 1. The van der Waals surface area contributed by atoms with Crippen molar-refractivity contribution in [3.8, 4) is 0 Å². The van der Waals surface area contributed by atoms with Crippen LogP contribution in [0.4, 0.5) is 0 Å². The monoisotopic (exact) mass is 293 g/mol. The van der Waals surface area contributed by atoms with Crippen LogP contribution in [0.25, 0.3) is 0 Å². The van der Waals surface area contributed by atoms with E-state index in [1.165, 1.54) is 29.7 Å². The Kier molecular flexibility index (Phi) is 4.91. The highest BCUT2D eigenvalue weighted by molar-refractivity contribution is 8.22. The van der Waals surface area contributed by atoms with E-state index in [-0.39, 0.29) is 5.41 Å². The molecule has 0 spiro atoms. The van der Waals surface area contributed by atoms with Crippen molar-refractivity contribution in [2.24, 2.45) is 0 Å². The van der Waals surface area contributed by atoms with Gasteiger partial charge in [0, 0.05) is 18.0 Å². The smallest absolute Gasteiger partial charge is 0.141 e. The summed E-state index contributed by atoms with van der Waals surface area (Å²) >= 11 is 7.28. The maximum absolute atomic E-state index is 5.55. The number of thioether (sulfide) groups is 1. The largest absolute Gasteiger partial charge is 0.357 e. The van der Waals surface area contributed by atoms with Crippen LogP contribution in [0.1, 0.15) is 45.6 Å². The maximum Gasteiger partial charge on any atom is 0.141 e. The average molecular weight is 294 g/mol. The van der Waals surface area contributed by atoms with E-state index >= 15 is 0 Å². The van der Waals surface area contributed by atoms with Gasteiger partial charge in [0.1, 0.15) is 4.32 Å². The highest BCUT2D eigenvalue weighted by Gasteiger charge is 2.16. The van der Waals surface area contributed by atoms with Crippen molar-refractivity contribution >= 4 is 28.3 Å². The van der Waals surface area contributed by atoms with Gasteiger partial charge in [-0.3, -0.25) is 0 Å². The lowest BCUT2D eigenvalue weighted by molar-refractivity contribution is 0.352.